The Labute approximate surface area is 221 Å². The highest BCUT2D eigenvalue weighted by atomic mass is 31.2. The van der Waals surface area contributed by atoms with Crippen LogP contribution in [0.5, 0.6) is 0 Å². The minimum absolute atomic E-state index is 0.0203. The third-order valence-electron chi connectivity index (χ3n) is 6.71. The van der Waals surface area contributed by atoms with E-state index in [9.17, 15) is 9.46 Å². The maximum absolute atomic E-state index is 11.9. The van der Waals surface area contributed by atoms with Gasteiger partial charge in [0.1, 0.15) is 0 Å². The van der Waals surface area contributed by atoms with Crippen LogP contribution in [0.15, 0.2) is 12.2 Å². The van der Waals surface area contributed by atoms with E-state index in [1.165, 1.54) is 88.4 Å². The van der Waals surface area contributed by atoms with Gasteiger partial charge in [0.2, 0.25) is 0 Å². The van der Waals surface area contributed by atoms with Crippen molar-refractivity contribution in [2.45, 2.75) is 116 Å². The van der Waals surface area contributed by atoms with Crippen molar-refractivity contribution in [1.29, 1.82) is 0 Å². The monoisotopic (exact) mass is 533 g/mol. The van der Waals surface area contributed by atoms with Crippen molar-refractivity contribution in [2.75, 3.05) is 53.2 Å². The topological polar surface area (TPSA) is 81.5 Å². The van der Waals surface area contributed by atoms with Gasteiger partial charge in [0.05, 0.1) is 52.7 Å². The van der Waals surface area contributed by atoms with Crippen LogP contribution in [0.3, 0.4) is 0 Å². The number of hydrogen-bond donors (Lipinski definition) is 1. The van der Waals surface area contributed by atoms with Crippen molar-refractivity contribution < 1.29 is 32.9 Å². The molecule has 0 aromatic heterocycles. The van der Waals surface area contributed by atoms with E-state index in [0.717, 1.165) is 39.0 Å². The molecule has 36 heavy (non-hydrogen) atoms. The third-order valence-corrected chi connectivity index (χ3v) is 7.77. The third kappa shape index (κ3) is 21.8. The highest BCUT2D eigenvalue weighted by molar-refractivity contribution is 7.45. The SMILES string of the molecule is CCCCCCCC/C=C\CCCCCCCCOCCOCCOP(=O)([O-])OC1CC[NH+](C)CC1. The fourth-order valence-electron chi connectivity index (χ4n) is 4.38. The van der Waals surface area contributed by atoms with E-state index in [4.69, 9.17) is 18.5 Å². The minimum atomic E-state index is -4.25. The Morgan fingerprint density at radius 3 is 1.86 bits per heavy atom. The maximum atomic E-state index is 11.9. The van der Waals surface area contributed by atoms with E-state index in [1.54, 1.807) is 0 Å². The Kier molecular flexibility index (Phi) is 22.3. The highest BCUT2D eigenvalue weighted by Crippen LogP contribution is 2.40. The van der Waals surface area contributed by atoms with Gasteiger partial charge in [-0.05, 0) is 32.1 Å². The van der Waals surface area contributed by atoms with Gasteiger partial charge in [0, 0.05) is 19.4 Å². The molecule has 214 valence electrons. The van der Waals surface area contributed by atoms with Crippen LogP contribution in [0.4, 0.5) is 0 Å². The zero-order valence-corrected chi connectivity index (χ0v) is 24.3. The molecule has 1 atom stereocenters. The van der Waals surface area contributed by atoms with Crippen LogP contribution < -0.4 is 9.79 Å². The van der Waals surface area contributed by atoms with Crippen molar-refractivity contribution in [3.8, 4) is 0 Å². The standard InChI is InChI=1S/C28H56NO6P/c1-3-4-5-6-7-8-9-10-11-12-13-14-15-16-17-18-23-32-24-25-33-26-27-34-36(30,31)35-28-19-21-29(2)22-20-28/h10-11,28H,3-9,12-27H2,1-2H3,(H,30,31)/b11-10-. The van der Waals surface area contributed by atoms with Crippen LogP contribution in [0.2, 0.25) is 0 Å². The van der Waals surface area contributed by atoms with Gasteiger partial charge in [0.15, 0.2) is 0 Å². The molecule has 0 radical (unpaired) electrons. The number of likely N-dealkylation sites (tertiary alicyclic amines) is 1. The molecule has 8 heteroatoms. The van der Waals surface area contributed by atoms with Crippen molar-refractivity contribution in [2.24, 2.45) is 0 Å². The van der Waals surface area contributed by atoms with E-state index in [0.29, 0.717) is 13.2 Å². The number of unbranched alkanes of at least 4 members (excludes halogenated alkanes) is 12. The smallest absolute Gasteiger partial charge is 0.268 e. The minimum Gasteiger partial charge on any atom is -0.756 e. The largest absolute Gasteiger partial charge is 0.756 e. The average Bonchev–Trinajstić information content (AvgIpc) is 2.85. The summed E-state index contributed by atoms with van der Waals surface area (Å²) >= 11 is 0. The molecule has 1 unspecified atom stereocenters. The van der Waals surface area contributed by atoms with E-state index < -0.39 is 7.82 Å². The van der Waals surface area contributed by atoms with E-state index in [1.807, 2.05) is 0 Å². The van der Waals surface area contributed by atoms with Crippen LogP contribution in [0.25, 0.3) is 0 Å². The van der Waals surface area contributed by atoms with Crippen LogP contribution in [0, 0.1) is 0 Å². The zero-order chi connectivity index (χ0) is 26.2. The number of hydrogen-bond acceptors (Lipinski definition) is 6. The predicted molar refractivity (Wildman–Crippen MR) is 145 cm³/mol. The van der Waals surface area contributed by atoms with Crippen molar-refractivity contribution >= 4 is 7.82 Å². The predicted octanol–water partition coefficient (Wildman–Crippen LogP) is 5.24. The first kappa shape index (κ1) is 33.8. The molecule has 0 amide bonds. The lowest BCUT2D eigenvalue weighted by atomic mass is 10.1. The molecule has 1 heterocycles. The molecule has 1 saturated heterocycles. The van der Waals surface area contributed by atoms with Gasteiger partial charge in [-0.1, -0.05) is 76.9 Å². The molecule has 1 rings (SSSR count). The van der Waals surface area contributed by atoms with Crippen LogP contribution in [0.1, 0.15) is 110 Å². The normalized spacial score (nSPS) is 20.2. The van der Waals surface area contributed by atoms with E-state index in [2.05, 4.69) is 26.1 Å². The number of phosphoric acid groups is 1. The fraction of sp³-hybridized carbons (Fsp3) is 0.929. The molecule has 1 aliphatic rings. The molecule has 0 aliphatic carbocycles. The molecule has 0 bridgehead atoms. The van der Waals surface area contributed by atoms with Crippen LogP contribution in [-0.2, 0) is 23.1 Å². The Hall–Kier alpha value is -0.270. The van der Waals surface area contributed by atoms with Gasteiger partial charge in [-0.2, -0.15) is 0 Å². The summed E-state index contributed by atoms with van der Waals surface area (Å²) in [5.74, 6) is 0. The van der Waals surface area contributed by atoms with Gasteiger partial charge >= 0.3 is 0 Å². The second-order valence-electron chi connectivity index (χ2n) is 10.2. The van der Waals surface area contributed by atoms with Gasteiger partial charge < -0.3 is 28.3 Å². The first-order chi connectivity index (χ1) is 17.5. The lowest BCUT2D eigenvalue weighted by molar-refractivity contribution is -0.885. The highest BCUT2D eigenvalue weighted by Gasteiger charge is 2.24. The van der Waals surface area contributed by atoms with Gasteiger partial charge in [-0.3, -0.25) is 4.57 Å². The number of piperidine rings is 1. The van der Waals surface area contributed by atoms with Crippen molar-refractivity contribution in [3.05, 3.63) is 12.2 Å². The summed E-state index contributed by atoms with van der Waals surface area (Å²) in [5, 5.41) is 0. The zero-order valence-electron chi connectivity index (χ0n) is 23.4. The molecule has 1 fully saturated rings. The molecule has 1 aliphatic heterocycles. The number of allylic oxidation sites excluding steroid dienone is 2. The number of rotatable bonds is 25. The molecule has 7 nitrogen and oxygen atoms in total. The Morgan fingerprint density at radius 2 is 1.25 bits per heavy atom. The summed E-state index contributed by atoms with van der Waals surface area (Å²) in [7, 11) is -2.15. The van der Waals surface area contributed by atoms with Crippen LogP contribution >= 0.6 is 7.82 Å². The molecular formula is C28H56NO6P. The molecule has 1 N–H and O–H groups in total. The fourth-order valence-corrected chi connectivity index (χ4v) is 5.32. The second-order valence-corrected chi connectivity index (χ2v) is 11.6. The number of phosphoric ester groups is 1. The number of nitrogens with one attached hydrogen (secondary N) is 1. The van der Waals surface area contributed by atoms with Crippen LogP contribution in [-0.4, -0.2) is 59.3 Å². The maximum Gasteiger partial charge on any atom is 0.268 e. The van der Waals surface area contributed by atoms with E-state index >= 15 is 0 Å². The summed E-state index contributed by atoms with van der Waals surface area (Å²) in [5.41, 5.74) is 0. The molecule has 0 spiro atoms. The Balaban J connectivity index is 1.76. The molecular weight excluding hydrogens is 477 g/mol. The summed E-state index contributed by atoms with van der Waals surface area (Å²) < 4.78 is 32.9. The number of quaternary nitrogens is 1. The van der Waals surface area contributed by atoms with E-state index in [-0.39, 0.29) is 19.3 Å². The molecule has 0 aromatic carbocycles. The Bertz CT molecular complexity index is 554. The lowest BCUT2D eigenvalue weighted by Gasteiger charge is -2.31. The summed E-state index contributed by atoms with van der Waals surface area (Å²) in [6, 6.07) is 0. The quantitative estimate of drug-likeness (QED) is 0.0983. The average molecular weight is 534 g/mol. The first-order valence-corrected chi connectivity index (χ1v) is 16.3. The molecule has 0 saturated carbocycles. The Morgan fingerprint density at radius 1 is 0.750 bits per heavy atom. The van der Waals surface area contributed by atoms with Gasteiger partial charge in [-0.25, -0.2) is 0 Å². The van der Waals surface area contributed by atoms with Gasteiger partial charge in [0.25, 0.3) is 7.82 Å². The summed E-state index contributed by atoms with van der Waals surface area (Å²) in [4.78, 5) is 13.3. The van der Waals surface area contributed by atoms with Crippen molar-refractivity contribution in [1.82, 2.24) is 0 Å². The summed E-state index contributed by atoms with van der Waals surface area (Å²) in [6.45, 7) is 6.02. The number of ether oxygens (including phenoxy) is 2. The first-order valence-electron chi connectivity index (χ1n) is 14.8. The van der Waals surface area contributed by atoms with Gasteiger partial charge in [-0.15, -0.1) is 0 Å². The van der Waals surface area contributed by atoms with Crippen molar-refractivity contribution in [3.63, 3.8) is 0 Å². The molecule has 0 aromatic rings. The lowest BCUT2D eigenvalue weighted by Crippen LogP contribution is -3.10. The second kappa shape index (κ2) is 23.8. The summed E-state index contributed by atoms with van der Waals surface area (Å²) in [6.07, 6.45) is 24.2.